The molecular weight excluding hydrogens is 332 g/mol. The van der Waals surface area contributed by atoms with Gasteiger partial charge in [0.1, 0.15) is 23.7 Å². The third kappa shape index (κ3) is 3.92. The standard InChI is InChI=1S/C24H28N2O/c1-17-11-13-26(14-12-17)23-10-9-20-5-4-6-22(24(20)25-23)27-16-21-15-18(2)7-8-19(21)3/h4-10,15,17H,11-14,16H2,1-3H3. The average Bonchev–Trinajstić information content (AvgIpc) is 2.69. The van der Waals surface area contributed by atoms with E-state index < -0.39 is 0 Å². The summed E-state index contributed by atoms with van der Waals surface area (Å²) in [5.41, 5.74) is 4.71. The van der Waals surface area contributed by atoms with Crippen LogP contribution in [0.5, 0.6) is 5.75 Å². The number of aromatic nitrogens is 1. The fraction of sp³-hybridized carbons (Fsp3) is 0.375. The number of nitrogens with zero attached hydrogens (tertiary/aromatic N) is 2. The monoisotopic (exact) mass is 360 g/mol. The highest BCUT2D eigenvalue weighted by Crippen LogP contribution is 2.29. The summed E-state index contributed by atoms with van der Waals surface area (Å²) in [6.07, 6.45) is 2.48. The summed E-state index contributed by atoms with van der Waals surface area (Å²) >= 11 is 0. The maximum Gasteiger partial charge on any atom is 0.146 e. The number of pyridine rings is 1. The lowest BCUT2D eigenvalue weighted by Gasteiger charge is -2.31. The van der Waals surface area contributed by atoms with Gasteiger partial charge in [-0.2, -0.15) is 0 Å². The van der Waals surface area contributed by atoms with Crippen molar-refractivity contribution in [1.29, 1.82) is 0 Å². The molecule has 1 fully saturated rings. The number of aryl methyl sites for hydroxylation is 2. The normalized spacial score (nSPS) is 15.3. The van der Waals surface area contributed by atoms with E-state index in [-0.39, 0.29) is 0 Å². The van der Waals surface area contributed by atoms with Gasteiger partial charge in [0.2, 0.25) is 0 Å². The van der Waals surface area contributed by atoms with Gasteiger partial charge in [-0.1, -0.05) is 42.8 Å². The second-order valence-corrected chi connectivity index (χ2v) is 7.89. The second kappa shape index (κ2) is 7.59. The number of anilines is 1. The SMILES string of the molecule is Cc1ccc(C)c(COc2cccc3ccc(N4CCC(C)CC4)nc23)c1. The molecule has 140 valence electrons. The molecule has 0 radical (unpaired) electrons. The fourth-order valence-electron chi connectivity index (χ4n) is 3.75. The third-order valence-corrected chi connectivity index (χ3v) is 5.66. The van der Waals surface area contributed by atoms with Gasteiger partial charge in [0.05, 0.1) is 0 Å². The summed E-state index contributed by atoms with van der Waals surface area (Å²) in [5.74, 6) is 2.75. The average molecular weight is 361 g/mol. The van der Waals surface area contributed by atoms with Crippen LogP contribution in [0.2, 0.25) is 0 Å². The van der Waals surface area contributed by atoms with Gasteiger partial charge >= 0.3 is 0 Å². The van der Waals surface area contributed by atoms with Gasteiger partial charge in [-0.15, -0.1) is 0 Å². The predicted molar refractivity (Wildman–Crippen MR) is 113 cm³/mol. The van der Waals surface area contributed by atoms with Crippen molar-refractivity contribution >= 4 is 16.7 Å². The molecule has 1 aliphatic heterocycles. The molecule has 2 aromatic carbocycles. The van der Waals surface area contributed by atoms with E-state index in [1.54, 1.807) is 0 Å². The Morgan fingerprint density at radius 3 is 2.67 bits per heavy atom. The fourth-order valence-corrected chi connectivity index (χ4v) is 3.75. The summed E-state index contributed by atoms with van der Waals surface area (Å²) in [7, 11) is 0. The first-order valence-electron chi connectivity index (χ1n) is 9.94. The van der Waals surface area contributed by atoms with E-state index in [0.29, 0.717) is 6.61 Å². The topological polar surface area (TPSA) is 25.4 Å². The van der Waals surface area contributed by atoms with Crippen LogP contribution >= 0.6 is 0 Å². The molecule has 3 aromatic rings. The van der Waals surface area contributed by atoms with E-state index in [2.05, 4.69) is 62.1 Å². The molecule has 1 saturated heterocycles. The van der Waals surface area contributed by atoms with Gasteiger partial charge in [0.15, 0.2) is 0 Å². The van der Waals surface area contributed by atoms with E-state index in [0.717, 1.165) is 41.5 Å². The molecule has 0 bridgehead atoms. The number of hydrogen-bond acceptors (Lipinski definition) is 3. The maximum absolute atomic E-state index is 6.22. The van der Waals surface area contributed by atoms with Gasteiger partial charge in [0.25, 0.3) is 0 Å². The molecule has 0 atom stereocenters. The van der Waals surface area contributed by atoms with Crippen LogP contribution in [0.4, 0.5) is 5.82 Å². The van der Waals surface area contributed by atoms with Crippen molar-refractivity contribution in [3.8, 4) is 5.75 Å². The first-order chi connectivity index (χ1) is 13.1. The van der Waals surface area contributed by atoms with Crippen LogP contribution < -0.4 is 9.64 Å². The first-order valence-corrected chi connectivity index (χ1v) is 9.94. The van der Waals surface area contributed by atoms with Crippen molar-refractivity contribution in [1.82, 2.24) is 4.98 Å². The zero-order valence-electron chi connectivity index (χ0n) is 16.5. The van der Waals surface area contributed by atoms with Gasteiger partial charge in [-0.05, 0) is 61.9 Å². The van der Waals surface area contributed by atoms with Crippen LogP contribution in [0.25, 0.3) is 10.9 Å². The molecule has 0 saturated carbocycles. The Hall–Kier alpha value is -2.55. The Kier molecular flexibility index (Phi) is 5.02. The van der Waals surface area contributed by atoms with Crippen LogP contribution in [-0.2, 0) is 6.61 Å². The van der Waals surface area contributed by atoms with Crippen molar-refractivity contribution in [3.63, 3.8) is 0 Å². The number of hydrogen-bond donors (Lipinski definition) is 0. The molecular formula is C24H28N2O. The highest BCUT2D eigenvalue weighted by Gasteiger charge is 2.17. The van der Waals surface area contributed by atoms with Gasteiger partial charge in [0, 0.05) is 18.5 Å². The Bertz CT molecular complexity index is 942. The van der Waals surface area contributed by atoms with Crippen LogP contribution in [-0.4, -0.2) is 18.1 Å². The molecule has 3 heteroatoms. The smallest absolute Gasteiger partial charge is 0.146 e. The van der Waals surface area contributed by atoms with Gasteiger partial charge in [-0.25, -0.2) is 4.98 Å². The molecule has 1 aromatic heterocycles. The molecule has 4 rings (SSSR count). The molecule has 0 N–H and O–H groups in total. The third-order valence-electron chi connectivity index (χ3n) is 5.66. The minimum absolute atomic E-state index is 0.569. The van der Waals surface area contributed by atoms with E-state index >= 15 is 0 Å². The maximum atomic E-state index is 6.22. The quantitative estimate of drug-likeness (QED) is 0.600. The van der Waals surface area contributed by atoms with Crippen molar-refractivity contribution < 1.29 is 4.74 Å². The molecule has 0 amide bonds. The molecule has 27 heavy (non-hydrogen) atoms. The molecule has 2 heterocycles. The van der Waals surface area contributed by atoms with Crippen LogP contribution in [0.3, 0.4) is 0 Å². The summed E-state index contributed by atoms with van der Waals surface area (Å²) in [6, 6.07) is 17.0. The minimum atomic E-state index is 0.569. The second-order valence-electron chi connectivity index (χ2n) is 7.89. The number of fused-ring (bicyclic) bond motifs is 1. The lowest BCUT2D eigenvalue weighted by Crippen LogP contribution is -2.33. The lowest BCUT2D eigenvalue weighted by molar-refractivity contribution is 0.308. The van der Waals surface area contributed by atoms with E-state index in [1.165, 1.54) is 29.5 Å². The highest BCUT2D eigenvalue weighted by atomic mass is 16.5. The van der Waals surface area contributed by atoms with E-state index in [9.17, 15) is 0 Å². The number of rotatable bonds is 4. The first kappa shape index (κ1) is 17.8. The summed E-state index contributed by atoms with van der Waals surface area (Å²) in [5, 5.41) is 1.13. The van der Waals surface area contributed by atoms with Crippen molar-refractivity contribution in [2.24, 2.45) is 5.92 Å². The van der Waals surface area contributed by atoms with Crippen molar-refractivity contribution in [3.05, 3.63) is 65.2 Å². The van der Waals surface area contributed by atoms with E-state index in [1.807, 2.05) is 12.1 Å². The lowest BCUT2D eigenvalue weighted by atomic mass is 9.99. The zero-order chi connectivity index (χ0) is 18.8. The molecule has 1 aliphatic rings. The highest BCUT2D eigenvalue weighted by molar-refractivity contribution is 5.86. The van der Waals surface area contributed by atoms with Crippen LogP contribution in [0, 0.1) is 19.8 Å². The zero-order valence-corrected chi connectivity index (χ0v) is 16.5. The number of piperidine rings is 1. The summed E-state index contributed by atoms with van der Waals surface area (Å²) in [4.78, 5) is 7.38. The number of ether oxygens (including phenoxy) is 1. The molecule has 3 nitrogen and oxygen atoms in total. The molecule has 0 aliphatic carbocycles. The Labute approximate surface area is 162 Å². The van der Waals surface area contributed by atoms with Crippen LogP contribution in [0.1, 0.15) is 36.5 Å². The Morgan fingerprint density at radius 2 is 1.85 bits per heavy atom. The predicted octanol–water partition coefficient (Wildman–Crippen LogP) is 5.67. The van der Waals surface area contributed by atoms with Gasteiger partial charge in [-0.3, -0.25) is 0 Å². The number of benzene rings is 2. The minimum Gasteiger partial charge on any atom is -0.487 e. The van der Waals surface area contributed by atoms with Crippen molar-refractivity contribution in [2.75, 3.05) is 18.0 Å². The van der Waals surface area contributed by atoms with Crippen molar-refractivity contribution in [2.45, 2.75) is 40.2 Å². The van der Waals surface area contributed by atoms with Crippen LogP contribution in [0.15, 0.2) is 48.5 Å². The van der Waals surface area contributed by atoms with E-state index in [4.69, 9.17) is 9.72 Å². The largest absolute Gasteiger partial charge is 0.487 e. The number of para-hydroxylation sites is 1. The molecule has 0 spiro atoms. The summed E-state index contributed by atoms with van der Waals surface area (Å²) < 4.78 is 6.22. The Morgan fingerprint density at radius 1 is 1.04 bits per heavy atom. The summed E-state index contributed by atoms with van der Waals surface area (Å²) in [6.45, 7) is 9.34. The molecule has 0 unspecified atom stereocenters. The van der Waals surface area contributed by atoms with Gasteiger partial charge < -0.3 is 9.64 Å². The Balaban J connectivity index is 1.60.